The van der Waals surface area contributed by atoms with Gasteiger partial charge >= 0.3 is 0 Å². The number of aryl methyl sites for hydroxylation is 1. The first-order valence-electron chi connectivity index (χ1n) is 4.06. The first-order chi connectivity index (χ1) is 5.70. The number of ether oxygens (including phenoxy) is 1. The predicted octanol–water partition coefficient (Wildman–Crippen LogP) is 3.30. The number of rotatable bonds is 2. The molecule has 1 aromatic carbocycles. The number of hydrogen-bond acceptors (Lipinski definition) is 1. The Balaban J connectivity index is 2.76. The molecule has 0 bridgehead atoms. The van der Waals surface area contributed by atoms with Crippen LogP contribution in [-0.4, -0.2) is 0 Å². The molecule has 1 heteroatoms. The molecule has 0 amide bonds. The van der Waals surface area contributed by atoms with Crippen molar-refractivity contribution in [3.8, 4) is 5.75 Å². The molecule has 0 aliphatic rings. The fourth-order valence-electron chi connectivity index (χ4n) is 0.870. The van der Waals surface area contributed by atoms with E-state index in [1.165, 1.54) is 5.57 Å². The maximum absolute atomic E-state index is 5.44. The summed E-state index contributed by atoms with van der Waals surface area (Å²) in [6, 6.07) is 7.98. The van der Waals surface area contributed by atoms with E-state index in [1.54, 1.807) is 6.26 Å². The van der Waals surface area contributed by atoms with E-state index in [1.807, 2.05) is 45.0 Å². The van der Waals surface area contributed by atoms with Crippen molar-refractivity contribution in [3.63, 3.8) is 0 Å². The van der Waals surface area contributed by atoms with Gasteiger partial charge in [-0.25, -0.2) is 0 Å². The molecule has 1 aromatic rings. The van der Waals surface area contributed by atoms with Gasteiger partial charge in [-0.1, -0.05) is 18.2 Å². The summed E-state index contributed by atoms with van der Waals surface area (Å²) in [5.74, 6) is 0.929. The summed E-state index contributed by atoms with van der Waals surface area (Å²) in [4.78, 5) is 0. The second kappa shape index (κ2) is 3.96. The number of benzene rings is 1. The van der Waals surface area contributed by atoms with Gasteiger partial charge in [-0.15, -0.1) is 0 Å². The Hall–Kier alpha value is -1.24. The van der Waals surface area contributed by atoms with Gasteiger partial charge in [0.1, 0.15) is 5.75 Å². The molecule has 0 atom stereocenters. The van der Waals surface area contributed by atoms with Crippen LogP contribution < -0.4 is 4.74 Å². The van der Waals surface area contributed by atoms with Crippen molar-refractivity contribution in [1.82, 2.24) is 0 Å². The zero-order valence-electron chi connectivity index (χ0n) is 7.79. The van der Waals surface area contributed by atoms with E-state index in [9.17, 15) is 0 Å². The molecule has 0 aliphatic heterocycles. The van der Waals surface area contributed by atoms with E-state index in [0.717, 1.165) is 11.3 Å². The van der Waals surface area contributed by atoms with Crippen molar-refractivity contribution in [2.24, 2.45) is 0 Å². The van der Waals surface area contributed by atoms with E-state index in [-0.39, 0.29) is 0 Å². The van der Waals surface area contributed by atoms with Crippen LogP contribution in [0.4, 0.5) is 0 Å². The van der Waals surface area contributed by atoms with Crippen molar-refractivity contribution in [2.75, 3.05) is 0 Å². The third-order valence-electron chi connectivity index (χ3n) is 1.52. The third-order valence-corrected chi connectivity index (χ3v) is 1.52. The van der Waals surface area contributed by atoms with Gasteiger partial charge in [-0.3, -0.25) is 0 Å². The molecular formula is C11H14O. The Morgan fingerprint density at radius 3 is 2.50 bits per heavy atom. The fraction of sp³-hybridized carbons (Fsp3) is 0.273. The highest BCUT2D eigenvalue weighted by molar-refractivity contribution is 5.32. The van der Waals surface area contributed by atoms with Gasteiger partial charge in [0, 0.05) is 0 Å². The van der Waals surface area contributed by atoms with Crippen molar-refractivity contribution >= 4 is 0 Å². The Morgan fingerprint density at radius 2 is 1.92 bits per heavy atom. The van der Waals surface area contributed by atoms with Gasteiger partial charge in [0.05, 0.1) is 6.26 Å². The molecule has 0 aliphatic carbocycles. The van der Waals surface area contributed by atoms with Crippen LogP contribution in [-0.2, 0) is 0 Å². The van der Waals surface area contributed by atoms with Crippen LogP contribution in [0.3, 0.4) is 0 Å². The van der Waals surface area contributed by atoms with Gasteiger partial charge in [0.25, 0.3) is 0 Å². The molecule has 0 spiro atoms. The topological polar surface area (TPSA) is 9.23 Å². The lowest BCUT2D eigenvalue weighted by Crippen LogP contribution is -1.85. The molecule has 0 saturated carbocycles. The highest BCUT2D eigenvalue weighted by Gasteiger charge is 1.93. The quantitative estimate of drug-likeness (QED) is 0.606. The molecule has 64 valence electrons. The minimum Gasteiger partial charge on any atom is -0.465 e. The molecule has 0 unspecified atom stereocenters. The molecule has 0 aromatic heterocycles. The smallest absolute Gasteiger partial charge is 0.129 e. The summed E-state index contributed by atoms with van der Waals surface area (Å²) in [7, 11) is 0. The van der Waals surface area contributed by atoms with Gasteiger partial charge in [0.15, 0.2) is 0 Å². The molecule has 0 heterocycles. The zero-order chi connectivity index (χ0) is 8.97. The van der Waals surface area contributed by atoms with E-state index in [4.69, 9.17) is 4.74 Å². The Bertz CT molecular complexity index is 283. The summed E-state index contributed by atoms with van der Waals surface area (Å²) < 4.78 is 5.44. The maximum Gasteiger partial charge on any atom is 0.129 e. The third kappa shape index (κ3) is 2.42. The van der Waals surface area contributed by atoms with Crippen LogP contribution in [0.1, 0.15) is 19.4 Å². The number of allylic oxidation sites excluding steroid dienone is 1. The van der Waals surface area contributed by atoms with E-state index >= 15 is 0 Å². The normalized spacial score (nSPS) is 9.25. The fourth-order valence-corrected chi connectivity index (χ4v) is 0.870. The number of para-hydroxylation sites is 1. The molecule has 1 nitrogen and oxygen atoms in total. The summed E-state index contributed by atoms with van der Waals surface area (Å²) >= 11 is 0. The van der Waals surface area contributed by atoms with Crippen LogP contribution in [0.15, 0.2) is 36.1 Å². The van der Waals surface area contributed by atoms with E-state index in [0.29, 0.717) is 0 Å². The molecule has 12 heavy (non-hydrogen) atoms. The van der Waals surface area contributed by atoms with Crippen LogP contribution in [0.5, 0.6) is 5.75 Å². The molecule has 0 radical (unpaired) electrons. The highest BCUT2D eigenvalue weighted by Crippen LogP contribution is 2.16. The second-order valence-electron chi connectivity index (χ2n) is 3.08. The van der Waals surface area contributed by atoms with Crippen molar-refractivity contribution < 1.29 is 4.74 Å². The molecule has 1 rings (SSSR count). The summed E-state index contributed by atoms with van der Waals surface area (Å²) in [6.07, 6.45) is 1.77. The Labute approximate surface area is 73.7 Å². The predicted molar refractivity (Wildman–Crippen MR) is 51.2 cm³/mol. The summed E-state index contributed by atoms with van der Waals surface area (Å²) in [5, 5.41) is 0. The monoisotopic (exact) mass is 162 g/mol. The summed E-state index contributed by atoms with van der Waals surface area (Å²) in [6.45, 7) is 6.06. The van der Waals surface area contributed by atoms with Gasteiger partial charge in [-0.2, -0.15) is 0 Å². The summed E-state index contributed by atoms with van der Waals surface area (Å²) in [5.41, 5.74) is 2.33. The van der Waals surface area contributed by atoms with Crippen LogP contribution in [0.2, 0.25) is 0 Å². The number of hydrogen-bond donors (Lipinski definition) is 0. The van der Waals surface area contributed by atoms with E-state index in [2.05, 4.69) is 0 Å². The average molecular weight is 162 g/mol. The van der Waals surface area contributed by atoms with Gasteiger partial charge < -0.3 is 4.74 Å². The van der Waals surface area contributed by atoms with Crippen LogP contribution in [0, 0.1) is 6.92 Å². The van der Waals surface area contributed by atoms with Crippen LogP contribution >= 0.6 is 0 Å². The zero-order valence-corrected chi connectivity index (χ0v) is 7.79. The first kappa shape index (κ1) is 8.85. The lowest BCUT2D eigenvalue weighted by Gasteiger charge is -2.03. The molecular weight excluding hydrogens is 148 g/mol. The lowest BCUT2D eigenvalue weighted by atomic mass is 10.2. The SMILES string of the molecule is CC(C)=COc1ccccc1C. The van der Waals surface area contributed by atoms with Crippen molar-refractivity contribution in [3.05, 3.63) is 41.7 Å². The lowest BCUT2D eigenvalue weighted by molar-refractivity contribution is 0.472. The Kier molecular flexibility index (Phi) is 2.92. The largest absolute Gasteiger partial charge is 0.465 e. The molecule has 0 saturated heterocycles. The standard InChI is InChI=1S/C11H14O/c1-9(2)8-12-11-7-5-4-6-10(11)3/h4-8H,1-3H3. The Morgan fingerprint density at radius 1 is 1.25 bits per heavy atom. The van der Waals surface area contributed by atoms with Gasteiger partial charge in [0.2, 0.25) is 0 Å². The average Bonchev–Trinajstić information content (AvgIpc) is 2.03. The van der Waals surface area contributed by atoms with Crippen molar-refractivity contribution in [2.45, 2.75) is 20.8 Å². The van der Waals surface area contributed by atoms with E-state index < -0.39 is 0 Å². The van der Waals surface area contributed by atoms with Crippen molar-refractivity contribution in [1.29, 1.82) is 0 Å². The minimum atomic E-state index is 0.929. The van der Waals surface area contributed by atoms with Crippen LogP contribution in [0.25, 0.3) is 0 Å². The minimum absolute atomic E-state index is 0.929. The second-order valence-corrected chi connectivity index (χ2v) is 3.08. The first-order valence-corrected chi connectivity index (χ1v) is 4.06. The van der Waals surface area contributed by atoms with Gasteiger partial charge in [-0.05, 0) is 38.0 Å². The molecule has 0 fully saturated rings. The molecule has 0 N–H and O–H groups in total. The maximum atomic E-state index is 5.44. The highest BCUT2D eigenvalue weighted by atomic mass is 16.5.